The second-order valence-electron chi connectivity index (χ2n) is 5.22. The molecule has 0 aliphatic heterocycles. The number of halogens is 2. The average molecular weight is 392 g/mol. The van der Waals surface area contributed by atoms with E-state index in [9.17, 15) is 9.18 Å². The maximum atomic E-state index is 13.7. The van der Waals surface area contributed by atoms with Crippen molar-refractivity contribution in [3.63, 3.8) is 0 Å². The molecule has 126 valence electrons. The zero-order valence-electron chi connectivity index (χ0n) is 13.4. The molecule has 0 saturated heterocycles. The predicted octanol–water partition coefficient (Wildman–Crippen LogP) is 5.42. The highest BCUT2D eigenvalue weighted by atomic mass is 79.9. The van der Waals surface area contributed by atoms with Gasteiger partial charge in [-0.1, -0.05) is 41.4 Å². The lowest BCUT2D eigenvalue weighted by Crippen LogP contribution is -2.09. The molecule has 0 fully saturated rings. The highest BCUT2D eigenvalue weighted by Crippen LogP contribution is 2.19. The van der Waals surface area contributed by atoms with Gasteiger partial charge in [0.1, 0.15) is 11.6 Å². The number of nitrogens with one attached hydrogen (secondary N) is 1. The van der Waals surface area contributed by atoms with Crippen LogP contribution in [0, 0.1) is 5.82 Å². The minimum Gasteiger partial charge on any atom is -0.494 e. The molecule has 1 amide bonds. The van der Waals surface area contributed by atoms with Crippen LogP contribution in [-0.2, 0) is 4.79 Å². The third-order valence-corrected chi connectivity index (χ3v) is 3.76. The zero-order chi connectivity index (χ0) is 17.4. The van der Waals surface area contributed by atoms with E-state index < -0.39 is 5.82 Å². The molecular formula is C19H19BrFNO2. The second kappa shape index (κ2) is 9.23. The summed E-state index contributed by atoms with van der Waals surface area (Å²) in [6.45, 7) is 2.81. The highest BCUT2D eigenvalue weighted by Gasteiger charge is 2.05. The summed E-state index contributed by atoms with van der Waals surface area (Å²) in [4.78, 5) is 11.9. The number of amides is 1. The maximum absolute atomic E-state index is 13.7. The molecule has 0 bridgehead atoms. The molecule has 24 heavy (non-hydrogen) atoms. The molecular weight excluding hydrogens is 373 g/mol. The standard InChI is InChI=1S/C19H19BrFNO2/c1-2-3-12-24-16-8-4-14(5-9-16)6-11-19(23)22-18-10-7-15(20)13-17(18)21/h4-11,13H,2-3,12H2,1H3,(H,22,23)/b11-6+. The van der Waals surface area contributed by atoms with Crippen molar-refractivity contribution in [2.75, 3.05) is 11.9 Å². The molecule has 0 aromatic heterocycles. The summed E-state index contributed by atoms with van der Waals surface area (Å²) in [5.41, 5.74) is 1.01. The summed E-state index contributed by atoms with van der Waals surface area (Å²) in [5, 5.41) is 2.51. The monoisotopic (exact) mass is 391 g/mol. The maximum Gasteiger partial charge on any atom is 0.248 e. The Balaban J connectivity index is 1.91. The summed E-state index contributed by atoms with van der Waals surface area (Å²) in [7, 11) is 0. The third-order valence-electron chi connectivity index (χ3n) is 3.26. The molecule has 0 radical (unpaired) electrons. The Morgan fingerprint density at radius 3 is 2.67 bits per heavy atom. The van der Waals surface area contributed by atoms with E-state index in [0.29, 0.717) is 11.1 Å². The van der Waals surface area contributed by atoms with Crippen LogP contribution in [0.1, 0.15) is 25.3 Å². The van der Waals surface area contributed by atoms with Crippen molar-refractivity contribution in [1.82, 2.24) is 0 Å². The molecule has 0 saturated carbocycles. The van der Waals surface area contributed by atoms with Gasteiger partial charge in [-0.15, -0.1) is 0 Å². The van der Waals surface area contributed by atoms with Gasteiger partial charge in [0, 0.05) is 10.5 Å². The van der Waals surface area contributed by atoms with Crippen LogP contribution in [0.5, 0.6) is 5.75 Å². The predicted molar refractivity (Wildman–Crippen MR) is 98.6 cm³/mol. The minimum absolute atomic E-state index is 0.146. The van der Waals surface area contributed by atoms with E-state index >= 15 is 0 Å². The van der Waals surface area contributed by atoms with E-state index in [2.05, 4.69) is 28.2 Å². The number of ether oxygens (including phenoxy) is 1. The first kappa shape index (κ1) is 18.2. The molecule has 0 heterocycles. The van der Waals surface area contributed by atoms with Crippen LogP contribution in [0.25, 0.3) is 6.08 Å². The SMILES string of the molecule is CCCCOc1ccc(/C=C/C(=O)Nc2ccc(Br)cc2F)cc1. The van der Waals surface area contributed by atoms with Crippen molar-refractivity contribution in [2.24, 2.45) is 0 Å². The van der Waals surface area contributed by atoms with Gasteiger partial charge in [0.05, 0.1) is 12.3 Å². The van der Waals surface area contributed by atoms with E-state index in [0.717, 1.165) is 24.2 Å². The molecule has 0 unspecified atom stereocenters. The molecule has 0 aliphatic rings. The Kier molecular flexibility index (Phi) is 7.00. The van der Waals surface area contributed by atoms with Crippen LogP contribution in [0.4, 0.5) is 10.1 Å². The number of carbonyl (C=O) groups is 1. The Labute approximate surface area is 149 Å². The lowest BCUT2D eigenvalue weighted by Gasteiger charge is -2.05. The van der Waals surface area contributed by atoms with Crippen molar-refractivity contribution in [3.05, 3.63) is 64.4 Å². The van der Waals surface area contributed by atoms with Gasteiger partial charge in [-0.05, 0) is 48.4 Å². The van der Waals surface area contributed by atoms with Crippen molar-refractivity contribution in [3.8, 4) is 5.75 Å². The summed E-state index contributed by atoms with van der Waals surface area (Å²) >= 11 is 3.17. The largest absolute Gasteiger partial charge is 0.494 e. The summed E-state index contributed by atoms with van der Waals surface area (Å²) < 4.78 is 19.9. The normalized spacial score (nSPS) is 10.8. The fourth-order valence-electron chi connectivity index (χ4n) is 1.95. The first-order chi connectivity index (χ1) is 11.6. The number of carbonyl (C=O) groups excluding carboxylic acids is 1. The van der Waals surface area contributed by atoms with Gasteiger partial charge >= 0.3 is 0 Å². The first-order valence-electron chi connectivity index (χ1n) is 7.75. The molecule has 2 aromatic carbocycles. The third kappa shape index (κ3) is 5.81. The van der Waals surface area contributed by atoms with Crippen LogP contribution in [0.2, 0.25) is 0 Å². The molecule has 3 nitrogen and oxygen atoms in total. The van der Waals surface area contributed by atoms with Crippen LogP contribution in [0.15, 0.2) is 53.0 Å². The van der Waals surface area contributed by atoms with E-state index in [1.54, 1.807) is 12.1 Å². The topological polar surface area (TPSA) is 38.3 Å². The zero-order valence-corrected chi connectivity index (χ0v) is 15.0. The van der Waals surface area contributed by atoms with Gasteiger partial charge in [0.2, 0.25) is 5.91 Å². The van der Waals surface area contributed by atoms with Crippen LogP contribution in [-0.4, -0.2) is 12.5 Å². The Bertz CT molecular complexity index is 714. The summed E-state index contributed by atoms with van der Waals surface area (Å²) in [5.74, 6) is -0.0683. The molecule has 0 spiro atoms. The smallest absolute Gasteiger partial charge is 0.248 e. The number of anilines is 1. The van der Waals surface area contributed by atoms with Gasteiger partial charge in [-0.25, -0.2) is 4.39 Å². The first-order valence-corrected chi connectivity index (χ1v) is 8.55. The number of benzene rings is 2. The van der Waals surface area contributed by atoms with E-state index in [-0.39, 0.29) is 11.6 Å². The minimum atomic E-state index is -0.486. The Morgan fingerprint density at radius 2 is 2.00 bits per heavy atom. The van der Waals surface area contributed by atoms with Crippen molar-refractivity contribution >= 4 is 33.6 Å². The molecule has 2 rings (SSSR count). The molecule has 5 heteroatoms. The van der Waals surface area contributed by atoms with Gasteiger partial charge in [-0.2, -0.15) is 0 Å². The Hall–Kier alpha value is -2.14. The van der Waals surface area contributed by atoms with Crippen molar-refractivity contribution in [2.45, 2.75) is 19.8 Å². The van der Waals surface area contributed by atoms with Crippen LogP contribution >= 0.6 is 15.9 Å². The van der Waals surface area contributed by atoms with E-state index in [1.807, 2.05) is 24.3 Å². The van der Waals surface area contributed by atoms with Gasteiger partial charge in [0.25, 0.3) is 0 Å². The number of unbranched alkanes of at least 4 members (excludes halogenated alkanes) is 1. The summed E-state index contributed by atoms with van der Waals surface area (Å²) in [6, 6.07) is 11.9. The van der Waals surface area contributed by atoms with Crippen LogP contribution in [0.3, 0.4) is 0 Å². The van der Waals surface area contributed by atoms with Crippen LogP contribution < -0.4 is 10.1 Å². The Morgan fingerprint density at radius 1 is 1.25 bits per heavy atom. The molecule has 2 aromatic rings. The average Bonchev–Trinajstić information content (AvgIpc) is 2.57. The van der Waals surface area contributed by atoms with Crippen molar-refractivity contribution in [1.29, 1.82) is 0 Å². The van der Waals surface area contributed by atoms with Crippen molar-refractivity contribution < 1.29 is 13.9 Å². The molecule has 0 aliphatic carbocycles. The fourth-order valence-corrected chi connectivity index (χ4v) is 2.28. The second-order valence-corrected chi connectivity index (χ2v) is 6.13. The lowest BCUT2D eigenvalue weighted by molar-refractivity contribution is -0.111. The van der Waals surface area contributed by atoms with Gasteiger partial charge in [-0.3, -0.25) is 4.79 Å². The quantitative estimate of drug-likeness (QED) is 0.505. The van der Waals surface area contributed by atoms with Gasteiger partial charge < -0.3 is 10.1 Å². The summed E-state index contributed by atoms with van der Waals surface area (Å²) in [6.07, 6.45) is 5.15. The lowest BCUT2D eigenvalue weighted by atomic mass is 10.2. The molecule has 0 atom stereocenters. The number of hydrogen-bond donors (Lipinski definition) is 1. The number of hydrogen-bond acceptors (Lipinski definition) is 2. The van der Waals surface area contributed by atoms with E-state index in [1.165, 1.54) is 18.2 Å². The number of rotatable bonds is 7. The van der Waals surface area contributed by atoms with Gasteiger partial charge in [0.15, 0.2) is 0 Å². The fraction of sp³-hybridized carbons (Fsp3) is 0.211. The highest BCUT2D eigenvalue weighted by molar-refractivity contribution is 9.10. The van der Waals surface area contributed by atoms with E-state index in [4.69, 9.17) is 4.74 Å². The molecule has 1 N–H and O–H groups in total.